The molecule has 2 aromatic rings. The fourth-order valence-corrected chi connectivity index (χ4v) is 5.11. The van der Waals surface area contributed by atoms with Gasteiger partial charge in [-0.1, -0.05) is 13.8 Å². The lowest BCUT2D eigenvalue weighted by molar-refractivity contribution is 0.0751. The molecule has 0 spiro atoms. The standard InChI is InChI=1S/C21H28N4OS/c1-14(2)20-22-15(3)12-19(23-20)24-8-10-25(11-9-24)21(26)18-13-16-6-4-5-7-17(16)27-18/h12-14H,4-11H2,1-3H3. The van der Waals surface area contributed by atoms with Crippen LogP contribution >= 0.6 is 11.3 Å². The summed E-state index contributed by atoms with van der Waals surface area (Å²) in [6.07, 6.45) is 4.80. The molecule has 2 aliphatic rings. The van der Waals surface area contributed by atoms with Gasteiger partial charge in [-0.2, -0.15) is 0 Å². The van der Waals surface area contributed by atoms with Crippen LogP contribution in [0, 0.1) is 6.92 Å². The number of aryl methyl sites for hydroxylation is 3. The third kappa shape index (κ3) is 3.86. The third-order valence-corrected chi connectivity index (χ3v) is 6.70. The zero-order valence-electron chi connectivity index (χ0n) is 16.5. The Morgan fingerprint density at radius 3 is 2.52 bits per heavy atom. The second kappa shape index (κ2) is 7.58. The van der Waals surface area contributed by atoms with E-state index in [0.29, 0.717) is 5.92 Å². The summed E-state index contributed by atoms with van der Waals surface area (Å²) in [5, 5.41) is 0. The van der Waals surface area contributed by atoms with Gasteiger partial charge in [0.1, 0.15) is 11.6 Å². The Balaban J connectivity index is 1.43. The van der Waals surface area contributed by atoms with E-state index >= 15 is 0 Å². The Hall–Kier alpha value is -1.95. The highest BCUT2D eigenvalue weighted by atomic mass is 32.1. The Bertz CT molecular complexity index is 813. The van der Waals surface area contributed by atoms with Crippen LogP contribution in [0.5, 0.6) is 0 Å². The largest absolute Gasteiger partial charge is 0.353 e. The van der Waals surface area contributed by atoms with Crippen LogP contribution in [0.3, 0.4) is 0 Å². The van der Waals surface area contributed by atoms with E-state index in [1.807, 2.05) is 11.8 Å². The van der Waals surface area contributed by atoms with E-state index in [1.165, 1.54) is 23.3 Å². The zero-order chi connectivity index (χ0) is 19.0. The molecule has 3 heterocycles. The molecular weight excluding hydrogens is 356 g/mol. The molecule has 0 radical (unpaired) electrons. The van der Waals surface area contributed by atoms with Crippen molar-refractivity contribution in [1.29, 1.82) is 0 Å². The summed E-state index contributed by atoms with van der Waals surface area (Å²) >= 11 is 1.72. The van der Waals surface area contributed by atoms with Gasteiger partial charge >= 0.3 is 0 Å². The maximum Gasteiger partial charge on any atom is 0.264 e. The molecule has 0 bridgehead atoms. The van der Waals surface area contributed by atoms with Gasteiger partial charge in [-0.25, -0.2) is 9.97 Å². The van der Waals surface area contributed by atoms with Gasteiger partial charge in [-0.05, 0) is 44.2 Å². The number of amides is 1. The fourth-order valence-electron chi connectivity index (χ4n) is 3.89. The van der Waals surface area contributed by atoms with E-state index in [1.54, 1.807) is 11.3 Å². The number of hydrogen-bond donors (Lipinski definition) is 0. The van der Waals surface area contributed by atoms with Crippen LogP contribution in [0.4, 0.5) is 5.82 Å². The number of aromatic nitrogens is 2. The van der Waals surface area contributed by atoms with Crippen molar-refractivity contribution in [2.75, 3.05) is 31.1 Å². The highest BCUT2D eigenvalue weighted by Gasteiger charge is 2.26. The molecule has 27 heavy (non-hydrogen) atoms. The first-order valence-corrected chi connectivity index (χ1v) is 10.8. The number of thiophene rings is 1. The van der Waals surface area contributed by atoms with Crippen LogP contribution in [-0.4, -0.2) is 47.0 Å². The summed E-state index contributed by atoms with van der Waals surface area (Å²) in [5.41, 5.74) is 2.41. The highest BCUT2D eigenvalue weighted by Crippen LogP contribution is 2.30. The first kappa shape index (κ1) is 18.4. The molecule has 4 rings (SSSR count). The molecule has 0 unspecified atom stereocenters. The predicted octanol–water partition coefficient (Wildman–Crippen LogP) is 3.81. The zero-order valence-corrected chi connectivity index (χ0v) is 17.3. The van der Waals surface area contributed by atoms with E-state index < -0.39 is 0 Å². The molecule has 1 aliphatic heterocycles. The van der Waals surface area contributed by atoms with Crippen molar-refractivity contribution in [1.82, 2.24) is 14.9 Å². The average Bonchev–Trinajstić information content (AvgIpc) is 3.11. The second-order valence-corrected chi connectivity index (χ2v) is 9.06. The van der Waals surface area contributed by atoms with Crippen LogP contribution in [0.1, 0.15) is 64.2 Å². The average molecular weight is 385 g/mol. The molecule has 0 saturated carbocycles. The number of piperazine rings is 1. The lowest BCUT2D eigenvalue weighted by Crippen LogP contribution is -2.49. The van der Waals surface area contributed by atoms with E-state index in [0.717, 1.165) is 61.2 Å². The Morgan fingerprint density at radius 1 is 1.07 bits per heavy atom. The molecular formula is C21H28N4OS. The van der Waals surface area contributed by atoms with Crippen LogP contribution in [0.25, 0.3) is 0 Å². The maximum atomic E-state index is 13.0. The quantitative estimate of drug-likeness (QED) is 0.807. The Morgan fingerprint density at radius 2 is 1.81 bits per heavy atom. The molecule has 1 amide bonds. The van der Waals surface area contributed by atoms with Crippen molar-refractivity contribution < 1.29 is 4.79 Å². The minimum Gasteiger partial charge on any atom is -0.353 e. The number of anilines is 1. The van der Waals surface area contributed by atoms with Crippen molar-refractivity contribution in [3.63, 3.8) is 0 Å². The third-order valence-electron chi connectivity index (χ3n) is 5.47. The van der Waals surface area contributed by atoms with Gasteiger partial charge in [0.15, 0.2) is 0 Å². The molecule has 1 saturated heterocycles. The minimum absolute atomic E-state index is 0.204. The normalized spacial score (nSPS) is 17.3. The number of rotatable bonds is 3. The Kier molecular flexibility index (Phi) is 5.17. The first-order valence-electron chi connectivity index (χ1n) is 10.0. The van der Waals surface area contributed by atoms with E-state index in [2.05, 4.69) is 35.9 Å². The van der Waals surface area contributed by atoms with Crippen LogP contribution < -0.4 is 4.90 Å². The molecule has 0 atom stereocenters. The van der Waals surface area contributed by atoms with Gasteiger partial charge in [0.2, 0.25) is 0 Å². The van der Waals surface area contributed by atoms with Crippen LogP contribution in [-0.2, 0) is 12.8 Å². The van der Waals surface area contributed by atoms with Crippen molar-refractivity contribution in [2.24, 2.45) is 0 Å². The van der Waals surface area contributed by atoms with Crippen molar-refractivity contribution >= 4 is 23.1 Å². The molecule has 6 heteroatoms. The summed E-state index contributed by atoms with van der Waals surface area (Å²) in [6.45, 7) is 9.42. The van der Waals surface area contributed by atoms with E-state index in [-0.39, 0.29) is 5.91 Å². The van der Waals surface area contributed by atoms with Crippen molar-refractivity contribution in [3.8, 4) is 0 Å². The number of carbonyl (C=O) groups excluding carboxylic acids is 1. The minimum atomic E-state index is 0.204. The molecule has 1 fully saturated rings. The van der Waals surface area contributed by atoms with Gasteiger partial charge in [0.05, 0.1) is 4.88 Å². The first-order chi connectivity index (χ1) is 13.0. The molecule has 2 aromatic heterocycles. The summed E-state index contributed by atoms with van der Waals surface area (Å²) in [4.78, 5) is 28.9. The van der Waals surface area contributed by atoms with Gasteiger partial charge in [-0.3, -0.25) is 4.79 Å². The summed E-state index contributed by atoms with van der Waals surface area (Å²) < 4.78 is 0. The van der Waals surface area contributed by atoms with Crippen LogP contribution in [0.15, 0.2) is 12.1 Å². The number of carbonyl (C=O) groups is 1. The molecule has 0 aromatic carbocycles. The fraction of sp³-hybridized carbons (Fsp3) is 0.571. The Labute approximate surface area is 165 Å². The van der Waals surface area contributed by atoms with E-state index in [9.17, 15) is 4.79 Å². The monoisotopic (exact) mass is 384 g/mol. The maximum absolute atomic E-state index is 13.0. The predicted molar refractivity (Wildman–Crippen MR) is 110 cm³/mol. The summed E-state index contributed by atoms with van der Waals surface area (Å²) in [5.74, 6) is 2.41. The smallest absolute Gasteiger partial charge is 0.264 e. The van der Waals surface area contributed by atoms with Gasteiger partial charge in [0, 0.05) is 48.7 Å². The van der Waals surface area contributed by atoms with Gasteiger partial charge in [0.25, 0.3) is 5.91 Å². The van der Waals surface area contributed by atoms with E-state index in [4.69, 9.17) is 4.98 Å². The molecule has 1 aliphatic carbocycles. The summed E-state index contributed by atoms with van der Waals surface area (Å²) in [6, 6.07) is 4.20. The summed E-state index contributed by atoms with van der Waals surface area (Å²) in [7, 11) is 0. The molecule has 144 valence electrons. The second-order valence-electron chi connectivity index (χ2n) is 7.93. The lowest BCUT2D eigenvalue weighted by atomic mass is 9.99. The van der Waals surface area contributed by atoms with Crippen LogP contribution in [0.2, 0.25) is 0 Å². The molecule has 0 N–H and O–H groups in total. The van der Waals surface area contributed by atoms with Crippen molar-refractivity contribution in [3.05, 3.63) is 39.0 Å². The molecule has 5 nitrogen and oxygen atoms in total. The number of fused-ring (bicyclic) bond motifs is 1. The highest BCUT2D eigenvalue weighted by molar-refractivity contribution is 7.14. The van der Waals surface area contributed by atoms with Crippen molar-refractivity contribution in [2.45, 2.75) is 52.4 Å². The topological polar surface area (TPSA) is 49.3 Å². The number of hydrogen-bond acceptors (Lipinski definition) is 5. The van der Waals surface area contributed by atoms with Gasteiger partial charge < -0.3 is 9.80 Å². The SMILES string of the molecule is Cc1cc(N2CCN(C(=O)c3cc4c(s3)CCCC4)CC2)nc(C(C)C)n1. The number of nitrogens with zero attached hydrogens (tertiary/aromatic N) is 4. The van der Waals surface area contributed by atoms with Gasteiger partial charge in [-0.15, -0.1) is 11.3 Å². The lowest BCUT2D eigenvalue weighted by Gasteiger charge is -2.35.